The van der Waals surface area contributed by atoms with Crippen LogP contribution in [0, 0.1) is 10.1 Å². The Balaban J connectivity index is 2.00. The number of aliphatic imine (C=N–C) groups is 1. The van der Waals surface area contributed by atoms with E-state index in [0.29, 0.717) is 17.4 Å². The SMILES string of the molecule is CCOc1cc([N+](=O)[O-])cc(/C=C2\SC(=Nc3ccc(C(=O)O)cc3)N(CC)C2=O)c1O. The fourth-order valence-corrected chi connectivity index (χ4v) is 3.95. The van der Waals surface area contributed by atoms with Crippen molar-refractivity contribution in [2.75, 3.05) is 13.2 Å². The van der Waals surface area contributed by atoms with Crippen molar-refractivity contribution in [1.29, 1.82) is 0 Å². The maximum absolute atomic E-state index is 12.9. The Kier molecular flexibility index (Phi) is 6.79. The van der Waals surface area contributed by atoms with Crippen molar-refractivity contribution in [2.24, 2.45) is 4.99 Å². The van der Waals surface area contributed by atoms with Crippen molar-refractivity contribution in [3.8, 4) is 11.5 Å². The standard InChI is InChI=1S/C21H19N3O7S/c1-3-23-19(26)17(32-21(23)22-14-7-5-12(6-8-14)20(27)28)10-13-9-15(24(29)30)11-16(18(13)25)31-4-2/h5-11,25H,3-4H2,1-2H3,(H,27,28)/b17-10-,22-21?. The molecule has 3 rings (SSSR count). The summed E-state index contributed by atoms with van der Waals surface area (Å²) in [4.78, 5) is 40.6. The highest BCUT2D eigenvalue weighted by Crippen LogP contribution is 2.39. The molecule has 1 aliphatic heterocycles. The second kappa shape index (κ2) is 9.52. The Morgan fingerprint density at radius 2 is 1.97 bits per heavy atom. The first-order chi connectivity index (χ1) is 15.2. The summed E-state index contributed by atoms with van der Waals surface area (Å²) in [5.41, 5.74) is 0.361. The molecule has 1 aliphatic rings. The number of carbonyl (C=O) groups excluding carboxylic acids is 1. The van der Waals surface area contributed by atoms with Crippen LogP contribution in [0.4, 0.5) is 11.4 Å². The summed E-state index contributed by atoms with van der Waals surface area (Å²) in [5.74, 6) is -1.79. The van der Waals surface area contributed by atoms with Gasteiger partial charge in [0.05, 0.1) is 33.8 Å². The second-order valence-electron chi connectivity index (χ2n) is 6.48. The van der Waals surface area contributed by atoms with Gasteiger partial charge in [0.15, 0.2) is 16.7 Å². The van der Waals surface area contributed by atoms with Crippen LogP contribution in [0.5, 0.6) is 11.5 Å². The van der Waals surface area contributed by atoms with Gasteiger partial charge < -0.3 is 14.9 Å². The fourth-order valence-electron chi connectivity index (χ4n) is 2.90. The second-order valence-corrected chi connectivity index (χ2v) is 7.49. The molecule has 2 aromatic carbocycles. The molecule has 166 valence electrons. The van der Waals surface area contributed by atoms with E-state index < -0.39 is 10.9 Å². The molecule has 11 heteroatoms. The molecule has 2 aromatic rings. The highest BCUT2D eigenvalue weighted by Gasteiger charge is 2.33. The lowest BCUT2D eigenvalue weighted by Gasteiger charge is -2.12. The number of phenolic OH excluding ortho intramolecular Hbond substituents is 1. The maximum Gasteiger partial charge on any atom is 0.335 e. The average molecular weight is 457 g/mol. The lowest BCUT2D eigenvalue weighted by atomic mass is 10.1. The van der Waals surface area contributed by atoms with Crippen LogP contribution in [-0.4, -0.2) is 50.2 Å². The first-order valence-corrected chi connectivity index (χ1v) is 10.3. The van der Waals surface area contributed by atoms with Gasteiger partial charge >= 0.3 is 5.97 Å². The highest BCUT2D eigenvalue weighted by molar-refractivity contribution is 8.18. The first kappa shape index (κ1) is 22.8. The Morgan fingerprint density at radius 1 is 1.28 bits per heavy atom. The van der Waals surface area contributed by atoms with Gasteiger partial charge in [0, 0.05) is 18.2 Å². The van der Waals surface area contributed by atoms with Gasteiger partial charge in [0.25, 0.3) is 11.6 Å². The van der Waals surface area contributed by atoms with Gasteiger partial charge in [-0.15, -0.1) is 0 Å². The van der Waals surface area contributed by atoms with Gasteiger partial charge in [0.2, 0.25) is 0 Å². The predicted octanol–water partition coefficient (Wildman–Crippen LogP) is 4.02. The van der Waals surface area contributed by atoms with Gasteiger partial charge in [-0.2, -0.15) is 0 Å². The normalized spacial score (nSPS) is 16.1. The molecule has 0 unspecified atom stereocenters. The maximum atomic E-state index is 12.9. The lowest BCUT2D eigenvalue weighted by Crippen LogP contribution is -2.28. The third kappa shape index (κ3) is 4.72. The molecule has 0 radical (unpaired) electrons. The van der Waals surface area contributed by atoms with Crippen LogP contribution < -0.4 is 4.74 Å². The van der Waals surface area contributed by atoms with Crippen LogP contribution in [0.1, 0.15) is 29.8 Å². The number of carboxylic acid groups (broad SMARTS) is 1. The van der Waals surface area contributed by atoms with Crippen LogP contribution >= 0.6 is 11.8 Å². The number of nitrogens with zero attached hydrogens (tertiary/aromatic N) is 3. The summed E-state index contributed by atoms with van der Waals surface area (Å²) in [5, 5.41) is 31.1. The molecule has 0 atom stereocenters. The number of non-ortho nitro benzene ring substituents is 1. The van der Waals surface area contributed by atoms with Gasteiger partial charge in [-0.3, -0.25) is 19.8 Å². The number of amidine groups is 1. The molecule has 1 amide bonds. The van der Waals surface area contributed by atoms with Crippen LogP contribution in [0.15, 0.2) is 46.3 Å². The Morgan fingerprint density at radius 3 is 2.53 bits per heavy atom. The molecule has 10 nitrogen and oxygen atoms in total. The quantitative estimate of drug-likeness (QED) is 0.360. The minimum absolute atomic E-state index is 0.0521. The molecule has 0 bridgehead atoms. The van der Waals surface area contributed by atoms with E-state index in [1.165, 1.54) is 35.2 Å². The Hall–Kier alpha value is -3.86. The summed E-state index contributed by atoms with van der Waals surface area (Å²) in [6.45, 7) is 3.96. The number of carboxylic acids is 1. The number of nitro benzene ring substituents is 1. The molecule has 1 saturated heterocycles. The largest absolute Gasteiger partial charge is 0.504 e. The van der Waals surface area contributed by atoms with Gasteiger partial charge in [-0.05, 0) is 56.0 Å². The number of ether oxygens (including phenoxy) is 1. The lowest BCUT2D eigenvalue weighted by molar-refractivity contribution is -0.385. The number of thioether (sulfide) groups is 1. The molecule has 32 heavy (non-hydrogen) atoms. The highest BCUT2D eigenvalue weighted by atomic mass is 32.2. The topological polar surface area (TPSA) is 143 Å². The number of hydrogen-bond acceptors (Lipinski definition) is 8. The average Bonchev–Trinajstić information content (AvgIpc) is 3.05. The van der Waals surface area contributed by atoms with E-state index in [4.69, 9.17) is 9.84 Å². The van der Waals surface area contributed by atoms with Crippen molar-refractivity contribution in [2.45, 2.75) is 13.8 Å². The smallest absolute Gasteiger partial charge is 0.335 e. The van der Waals surface area contributed by atoms with E-state index in [-0.39, 0.29) is 45.7 Å². The monoisotopic (exact) mass is 457 g/mol. The van der Waals surface area contributed by atoms with Crippen LogP contribution in [0.2, 0.25) is 0 Å². The molecule has 1 heterocycles. The third-order valence-electron chi connectivity index (χ3n) is 4.43. The Labute approximate surface area is 187 Å². The molecule has 2 N–H and O–H groups in total. The number of rotatable bonds is 7. The number of phenols is 1. The number of aromatic carboxylic acids is 1. The number of amides is 1. The number of aromatic hydroxyl groups is 1. The molecule has 0 aliphatic carbocycles. The van der Waals surface area contributed by atoms with Crippen molar-refractivity contribution in [3.63, 3.8) is 0 Å². The van der Waals surface area contributed by atoms with E-state index >= 15 is 0 Å². The molecule has 0 aromatic heterocycles. The summed E-state index contributed by atoms with van der Waals surface area (Å²) in [6, 6.07) is 8.15. The molecule has 0 saturated carbocycles. The van der Waals surface area contributed by atoms with Crippen LogP contribution in [0.25, 0.3) is 6.08 Å². The molecular formula is C21H19N3O7S. The minimum Gasteiger partial charge on any atom is -0.504 e. The summed E-state index contributed by atoms with van der Waals surface area (Å²) in [7, 11) is 0. The zero-order valence-corrected chi connectivity index (χ0v) is 18.0. The third-order valence-corrected chi connectivity index (χ3v) is 5.44. The molecule has 0 spiro atoms. The molecule has 1 fully saturated rings. The zero-order chi connectivity index (χ0) is 23.4. The summed E-state index contributed by atoms with van der Waals surface area (Å²) < 4.78 is 5.28. The van der Waals surface area contributed by atoms with E-state index in [1.807, 2.05) is 0 Å². The van der Waals surface area contributed by atoms with E-state index in [9.17, 15) is 24.8 Å². The van der Waals surface area contributed by atoms with E-state index in [2.05, 4.69) is 4.99 Å². The van der Waals surface area contributed by atoms with Gasteiger partial charge in [-0.1, -0.05) is 0 Å². The zero-order valence-electron chi connectivity index (χ0n) is 17.1. The van der Waals surface area contributed by atoms with Crippen molar-refractivity contribution >= 4 is 46.3 Å². The number of nitro groups is 1. The number of hydrogen-bond donors (Lipinski definition) is 2. The van der Waals surface area contributed by atoms with E-state index in [0.717, 1.165) is 23.9 Å². The van der Waals surface area contributed by atoms with Crippen molar-refractivity contribution in [1.82, 2.24) is 4.90 Å². The molecular weight excluding hydrogens is 438 g/mol. The number of likely N-dealkylation sites (N-methyl/N-ethyl adjacent to an activating group) is 1. The van der Waals surface area contributed by atoms with Crippen molar-refractivity contribution in [3.05, 3.63) is 62.5 Å². The summed E-state index contributed by atoms with van der Waals surface area (Å²) in [6.07, 6.45) is 1.36. The Bertz CT molecular complexity index is 1140. The number of carbonyl (C=O) groups is 2. The van der Waals surface area contributed by atoms with Crippen molar-refractivity contribution < 1.29 is 29.5 Å². The fraction of sp³-hybridized carbons (Fsp3) is 0.190. The van der Waals surface area contributed by atoms with Gasteiger partial charge in [0.1, 0.15) is 0 Å². The predicted molar refractivity (Wildman–Crippen MR) is 119 cm³/mol. The minimum atomic E-state index is -1.06. The first-order valence-electron chi connectivity index (χ1n) is 9.52. The summed E-state index contributed by atoms with van der Waals surface area (Å²) >= 11 is 1.04. The van der Waals surface area contributed by atoms with Crippen LogP contribution in [0.3, 0.4) is 0 Å². The van der Waals surface area contributed by atoms with Gasteiger partial charge in [-0.25, -0.2) is 9.79 Å². The number of benzene rings is 2. The van der Waals surface area contributed by atoms with Crippen LogP contribution in [-0.2, 0) is 4.79 Å². The van der Waals surface area contributed by atoms with E-state index in [1.54, 1.807) is 13.8 Å².